The van der Waals surface area contributed by atoms with E-state index in [1.807, 2.05) is 6.07 Å². The summed E-state index contributed by atoms with van der Waals surface area (Å²) in [5.74, 6) is -0.0101. The summed E-state index contributed by atoms with van der Waals surface area (Å²) in [6, 6.07) is 1.88. The molecule has 0 saturated carbocycles. The second-order valence-electron chi connectivity index (χ2n) is 5.42. The van der Waals surface area contributed by atoms with Crippen molar-refractivity contribution >= 4 is 17.3 Å². The van der Waals surface area contributed by atoms with Gasteiger partial charge in [-0.1, -0.05) is 52.9 Å². The molecule has 0 unspecified atom stereocenters. The molecule has 0 aromatic carbocycles. The quantitative estimate of drug-likeness (QED) is 0.595. The maximum atomic E-state index is 11.2. The normalized spacial score (nSPS) is 11.0. The Hall–Kier alpha value is -1.03. The fourth-order valence-corrected chi connectivity index (χ4v) is 2.94. The smallest absolute Gasteiger partial charge is 0.349 e. The molecule has 0 fully saturated rings. The highest BCUT2D eigenvalue weighted by atomic mass is 32.1. The Morgan fingerprint density at radius 3 is 2.50 bits per heavy atom. The molecular weight excluding hydrogens is 272 g/mol. The maximum Gasteiger partial charge on any atom is 0.349 e. The van der Waals surface area contributed by atoms with Crippen LogP contribution in [0.4, 0.5) is 0 Å². The van der Waals surface area contributed by atoms with E-state index < -0.39 is 5.97 Å². The summed E-state index contributed by atoms with van der Waals surface area (Å²) >= 11 is 1.33. The zero-order valence-corrected chi connectivity index (χ0v) is 13.6. The Morgan fingerprint density at radius 2 is 1.90 bits per heavy atom. The van der Waals surface area contributed by atoms with Crippen molar-refractivity contribution in [2.45, 2.75) is 65.2 Å². The van der Waals surface area contributed by atoms with Crippen molar-refractivity contribution in [3.8, 4) is 5.75 Å². The molecule has 1 aromatic rings. The van der Waals surface area contributed by atoms with Crippen LogP contribution < -0.4 is 4.74 Å². The SMILES string of the molecule is CCCCCCCCOc1cc(C(C)C)sc1C(=O)O. The van der Waals surface area contributed by atoms with Gasteiger partial charge >= 0.3 is 5.97 Å². The van der Waals surface area contributed by atoms with Crippen molar-refractivity contribution in [3.63, 3.8) is 0 Å². The van der Waals surface area contributed by atoms with Crippen LogP contribution in [-0.2, 0) is 0 Å². The molecule has 0 aliphatic carbocycles. The number of rotatable bonds is 10. The van der Waals surface area contributed by atoms with Crippen molar-refractivity contribution in [3.05, 3.63) is 15.8 Å². The Balaban J connectivity index is 2.40. The lowest BCUT2D eigenvalue weighted by molar-refractivity contribution is 0.0698. The van der Waals surface area contributed by atoms with E-state index in [0.717, 1.165) is 17.7 Å². The third-order valence-corrected chi connectivity index (χ3v) is 4.64. The standard InChI is InChI=1S/C16H26O3S/c1-4-5-6-7-8-9-10-19-13-11-14(12(2)3)20-15(13)16(17)18/h11-12H,4-10H2,1-3H3,(H,17,18). The number of hydrogen-bond acceptors (Lipinski definition) is 3. The number of thiophene rings is 1. The number of unbranched alkanes of at least 4 members (excludes halogenated alkanes) is 5. The lowest BCUT2D eigenvalue weighted by atomic mass is 10.1. The van der Waals surface area contributed by atoms with Gasteiger partial charge in [0, 0.05) is 4.88 Å². The summed E-state index contributed by atoms with van der Waals surface area (Å²) < 4.78 is 5.67. The van der Waals surface area contributed by atoms with E-state index in [4.69, 9.17) is 4.74 Å². The minimum atomic E-state index is -0.889. The molecule has 114 valence electrons. The molecule has 20 heavy (non-hydrogen) atoms. The molecule has 0 radical (unpaired) electrons. The Labute approximate surface area is 126 Å². The molecule has 1 heterocycles. The summed E-state index contributed by atoms with van der Waals surface area (Å²) in [4.78, 5) is 12.6. The van der Waals surface area contributed by atoms with Crippen LogP contribution >= 0.6 is 11.3 Å². The number of ether oxygens (including phenoxy) is 1. The fraction of sp³-hybridized carbons (Fsp3) is 0.688. The second kappa shape index (κ2) is 9.01. The summed E-state index contributed by atoms with van der Waals surface area (Å²) in [6.07, 6.45) is 7.23. The molecule has 0 saturated heterocycles. The summed E-state index contributed by atoms with van der Waals surface area (Å²) in [5.41, 5.74) is 0. The average molecular weight is 298 g/mol. The van der Waals surface area contributed by atoms with E-state index in [9.17, 15) is 9.90 Å². The second-order valence-corrected chi connectivity index (χ2v) is 6.50. The van der Waals surface area contributed by atoms with E-state index in [0.29, 0.717) is 23.2 Å². The Kier molecular flexibility index (Phi) is 7.67. The topological polar surface area (TPSA) is 46.5 Å². The Morgan fingerprint density at radius 1 is 1.25 bits per heavy atom. The van der Waals surface area contributed by atoms with Gasteiger partial charge in [0.2, 0.25) is 0 Å². The number of carboxylic acids is 1. The predicted octanol–water partition coefficient (Wildman–Crippen LogP) is 5.31. The van der Waals surface area contributed by atoms with Gasteiger partial charge in [0.15, 0.2) is 4.88 Å². The van der Waals surface area contributed by atoms with Crippen molar-refractivity contribution < 1.29 is 14.6 Å². The molecule has 0 aliphatic heterocycles. The van der Waals surface area contributed by atoms with Crippen molar-refractivity contribution in [1.82, 2.24) is 0 Å². The molecule has 1 aromatic heterocycles. The molecular formula is C16H26O3S. The number of carboxylic acid groups (broad SMARTS) is 1. The molecule has 0 atom stereocenters. The van der Waals surface area contributed by atoms with Crippen LogP contribution in [0.1, 0.15) is 79.8 Å². The Bertz CT molecular complexity index is 410. The lowest BCUT2D eigenvalue weighted by Gasteiger charge is -2.05. The summed E-state index contributed by atoms with van der Waals surface area (Å²) in [6.45, 7) is 6.95. The summed E-state index contributed by atoms with van der Waals surface area (Å²) in [7, 11) is 0. The molecule has 1 N–H and O–H groups in total. The zero-order valence-electron chi connectivity index (χ0n) is 12.8. The van der Waals surface area contributed by atoms with Gasteiger partial charge in [0.05, 0.1) is 6.61 Å². The van der Waals surface area contributed by atoms with Crippen molar-refractivity contribution in [2.24, 2.45) is 0 Å². The van der Waals surface area contributed by atoms with E-state index in [2.05, 4.69) is 20.8 Å². The van der Waals surface area contributed by atoms with Gasteiger partial charge in [-0.3, -0.25) is 0 Å². The van der Waals surface area contributed by atoms with Crippen LogP contribution in [0.15, 0.2) is 6.07 Å². The highest BCUT2D eigenvalue weighted by molar-refractivity contribution is 7.14. The molecule has 0 aliphatic rings. The first kappa shape index (κ1) is 17.0. The minimum absolute atomic E-state index is 0.333. The van der Waals surface area contributed by atoms with Gasteiger partial charge in [-0.15, -0.1) is 11.3 Å². The van der Waals surface area contributed by atoms with Crippen LogP contribution in [-0.4, -0.2) is 17.7 Å². The molecule has 0 bridgehead atoms. The average Bonchev–Trinajstić information content (AvgIpc) is 2.82. The lowest BCUT2D eigenvalue weighted by Crippen LogP contribution is -2.01. The highest BCUT2D eigenvalue weighted by Crippen LogP contribution is 2.34. The van der Waals surface area contributed by atoms with Gasteiger partial charge in [-0.2, -0.15) is 0 Å². The first-order valence-electron chi connectivity index (χ1n) is 7.56. The molecule has 4 heteroatoms. The molecule has 3 nitrogen and oxygen atoms in total. The molecule has 0 spiro atoms. The van der Waals surface area contributed by atoms with E-state index in [1.165, 1.54) is 37.0 Å². The number of hydrogen-bond donors (Lipinski definition) is 1. The third-order valence-electron chi connectivity index (χ3n) is 3.24. The van der Waals surface area contributed by atoms with E-state index in [-0.39, 0.29) is 0 Å². The van der Waals surface area contributed by atoms with Crippen LogP contribution in [0.2, 0.25) is 0 Å². The van der Waals surface area contributed by atoms with E-state index in [1.54, 1.807) is 0 Å². The monoisotopic (exact) mass is 298 g/mol. The first-order valence-corrected chi connectivity index (χ1v) is 8.37. The summed E-state index contributed by atoms with van der Waals surface area (Å²) in [5, 5.41) is 9.19. The van der Waals surface area contributed by atoms with Crippen molar-refractivity contribution in [1.29, 1.82) is 0 Å². The van der Waals surface area contributed by atoms with Crippen LogP contribution in [0.25, 0.3) is 0 Å². The van der Waals surface area contributed by atoms with Crippen LogP contribution in [0.5, 0.6) is 5.75 Å². The molecule has 0 amide bonds. The van der Waals surface area contributed by atoms with Gasteiger partial charge in [0.25, 0.3) is 0 Å². The van der Waals surface area contributed by atoms with Crippen LogP contribution in [0, 0.1) is 0 Å². The minimum Gasteiger partial charge on any atom is -0.492 e. The predicted molar refractivity (Wildman–Crippen MR) is 84.2 cm³/mol. The fourth-order valence-electron chi connectivity index (χ4n) is 2.00. The first-order chi connectivity index (χ1) is 9.56. The van der Waals surface area contributed by atoms with Gasteiger partial charge < -0.3 is 9.84 Å². The van der Waals surface area contributed by atoms with Gasteiger partial charge in [-0.05, 0) is 18.4 Å². The number of carbonyl (C=O) groups is 1. The zero-order chi connectivity index (χ0) is 15.0. The van der Waals surface area contributed by atoms with E-state index >= 15 is 0 Å². The van der Waals surface area contributed by atoms with Crippen LogP contribution in [0.3, 0.4) is 0 Å². The van der Waals surface area contributed by atoms with Crippen molar-refractivity contribution in [2.75, 3.05) is 6.61 Å². The molecule has 1 rings (SSSR count). The van der Waals surface area contributed by atoms with Gasteiger partial charge in [-0.25, -0.2) is 4.79 Å². The largest absolute Gasteiger partial charge is 0.492 e. The van der Waals surface area contributed by atoms with Gasteiger partial charge in [0.1, 0.15) is 5.75 Å². The third kappa shape index (κ3) is 5.53. The highest BCUT2D eigenvalue weighted by Gasteiger charge is 2.18. The maximum absolute atomic E-state index is 11.2. The number of aromatic carboxylic acids is 1.